The highest BCUT2D eigenvalue weighted by Gasteiger charge is 2.18. The van der Waals surface area contributed by atoms with Crippen LogP contribution in [-0.4, -0.2) is 27.5 Å². The zero-order valence-corrected chi connectivity index (χ0v) is 24.4. The van der Waals surface area contributed by atoms with Crippen molar-refractivity contribution in [3.63, 3.8) is 0 Å². The molecule has 5 heteroatoms. The van der Waals surface area contributed by atoms with Crippen LogP contribution in [0, 0.1) is 0 Å². The van der Waals surface area contributed by atoms with Gasteiger partial charge in [-0.2, -0.15) is 4.99 Å². The molecule has 1 unspecified atom stereocenters. The Bertz CT molecular complexity index is 2040. The third-order valence-corrected chi connectivity index (χ3v) is 7.80. The number of anilines is 1. The molecule has 6 rings (SSSR count). The number of allylic oxidation sites excluding steroid dienone is 1. The number of fused-ring (bicyclic) bond motifs is 4. The molecule has 0 amide bonds. The molecule has 0 N–H and O–H groups in total. The molecule has 5 nitrogen and oxygen atoms in total. The SMILES string of the molecule is C=C/C=c1\c(=C)c2ccccc2n1C(C)/N=C(\N=C(/C)n1c2ccccc2c2ccccc21)N(CC)c1ccccc1. The van der Waals surface area contributed by atoms with Gasteiger partial charge in [0.2, 0.25) is 5.96 Å². The van der Waals surface area contributed by atoms with E-state index < -0.39 is 0 Å². The first-order valence-corrected chi connectivity index (χ1v) is 14.4. The molecule has 0 spiro atoms. The minimum Gasteiger partial charge on any atom is -0.318 e. The average Bonchev–Trinajstić information content (AvgIpc) is 3.50. The van der Waals surface area contributed by atoms with E-state index >= 15 is 0 Å². The van der Waals surface area contributed by atoms with Gasteiger partial charge in [0.05, 0.1) is 21.9 Å². The highest BCUT2D eigenvalue weighted by Crippen LogP contribution is 2.29. The summed E-state index contributed by atoms with van der Waals surface area (Å²) in [6.45, 7) is 15.4. The van der Waals surface area contributed by atoms with Gasteiger partial charge in [-0.25, -0.2) is 4.99 Å². The Morgan fingerprint density at radius 1 is 0.810 bits per heavy atom. The van der Waals surface area contributed by atoms with Crippen molar-refractivity contribution < 1.29 is 0 Å². The maximum Gasteiger partial charge on any atom is 0.229 e. The van der Waals surface area contributed by atoms with Crippen LogP contribution in [-0.2, 0) is 0 Å². The van der Waals surface area contributed by atoms with Gasteiger partial charge in [0.1, 0.15) is 12.0 Å². The van der Waals surface area contributed by atoms with E-state index in [9.17, 15) is 0 Å². The summed E-state index contributed by atoms with van der Waals surface area (Å²) < 4.78 is 4.46. The van der Waals surface area contributed by atoms with Crippen molar-refractivity contribution in [1.82, 2.24) is 9.13 Å². The van der Waals surface area contributed by atoms with Gasteiger partial charge in [-0.05, 0) is 57.2 Å². The maximum absolute atomic E-state index is 5.33. The molecule has 0 aliphatic rings. The monoisotopic (exact) mass is 549 g/mol. The van der Waals surface area contributed by atoms with E-state index in [0.29, 0.717) is 12.5 Å². The summed E-state index contributed by atoms with van der Waals surface area (Å²) >= 11 is 0. The van der Waals surface area contributed by atoms with Gasteiger partial charge >= 0.3 is 0 Å². The van der Waals surface area contributed by atoms with Gasteiger partial charge in [-0.15, -0.1) is 0 Å². The summed E-state index contributed by atoms with van der Waals surface area (Å²) in [5.41, 5.74) is 4.36. The number of rotatable bonds is 5. The minimum absolute atomic E-state index is 0.265. The number of guanidine groups is 1. The fraction of sp³-hybridized carbons (Fsp3) is 0.135. The molecule has 0 bridgehead atoms. The Hall–Kier alpha value is -5.16. The number of aliphatic imine (C=N–C) groups is 2. The van der Waals surface area contributed by atoms with Crippen LogP contribution in [0.15, 0.2) is 126 Å². The van der Waals surface area contributed by atoms with Gasteiger partial charge in [0.25, 0.3) is 0 Å². The lowest BCUT2D eigenvalue weighted by molar-refractivity contribution is 0.578. The molecule has 0 aliphatic carbocycles. The zero-order valence-electron chi connectivity index (χ0n) is 24.4. The van der Waals surface area contributed by atoms with Crippen LogP contribution in [0.1, 0.15) is 26.9 Å². The normalized spacial score (nSPS) is 13.7. The first kappa shape index (κ1) is 27.0. The third kappa shape index (κ3) is 4.63. The molecule has 4 aromatic carbocycles. The van der Waals surface area contributed by atoms with E-state index in [-0.39, 0.29) is 6.17 Å². The molecule has 0 fully saturated rings. The lowest BCUT2D eigenvalue weighted by Gasteiger charge is -2.24. The molecule has 208 valence electrons. The summed E-state index contributed by atoms with van der Waals surface area (Å²) in [5.74, 6) is 1.49. The van der Waals surface area contributed by atoms with Gasteiger partial charge in [-0.1, -0.05) is 92.0 Å². The molecule has 42 heavy (non-hydrogen) atoms. The summed E-state index contributed by atoms with van der Waals surface area (Å²) in [6.07, 6.45) is 3.55. The summed E-state index contributed by atoms with van der Waals surface area (Å²) in [7, 11) is 0. The molecule has 0 saturated carbocycles. The molecule has 2 heterocycles. The average molecular weight is 550 g/mol. The number of hydrogen-bond acceptors (Lipinski definition) is 1. The van der Waals surface area contributed by atoms with E-state index in [2.05, 4.69) is 127 Å². The Kier molecular flexibility index (Phi) is 7.32. The van der Waals surface area contributed by atoms with E-state index in [4.69, 9.17) is 9.98 Å². The van der Waals surface area contributed by atoms with Crippen LogP contribution in [0.25, 0.3) is 45.4 Å². The zero-order chi connectivity index (χ0) is 29.2. The molecule has 1 atom stereocenters. The number of hydrogen-bond donors (Lipinski definition) is 0. The highest BCUT2D eigenvalue weighted by molar-refractivity contribution is 6.15. The smallest absolute Gasteiger partial charge is 0.229 e. The molecule has 0 radical (unpaired) electrons. The van der Waals surface area contributed by atoms with Crippen molar-refractivity contribution in [3.05, 3.63) is 126 Å². The summed E-state index contributed by atoms with van der Waals surface area (Å²) in [6, 6.07) is 35.7. The van der Waals surface area contributed by atoms with Crippen LogP contribution in [0.4, 0.5) is 5.69 Å². The van der Waals surface area contributed by atoms with Crippen LogP contribution in [0.3, 0.4) is 0 Å². The largest absolute Gasteiger partial charge is 0.318 e. The van der Waals surface area contributed by atoms with Crippen molar-refractivity contribution >= 4 is 62.8 Å². The predicted octanol–water partition coefficient (Wildman–Crippen LogP) is 7.49. The van der Waals surface area contributed by atoms with Crippen molar-refractivity contribution in [2.45, 2.75) is 26.9 Å². The van der Waals surface area contributed by atoms with Gasteiger partial charge in [0.15, 0.2) is 0 Å². The fourth-order valence-electron chi connectivity index (χ4n) is 5.94. The second-order valence-corrected chi connectivity index (χ2v) is 10.3. The van der Waals surface area contributed by atoms with Crippen molar-refractivity contribution in [3.8, 4) is 0 Å². The molecular formula is C37H35N5. The van der Waals surface area contributed by atoms with Gasteiger partial charge < -0.3 is 9.47 Å². The van der Waals surface area contributed by atoms with Gasteiger partial charge in [0, 0.05) is 33.6 Å². The van der Waals surface area contributed by atoms with Crippen LogP contribution in [0.2, 0.25) is 0 Å². The molecule has 2 aromatic heterocycles. The third-order valence-electron chi connectivity index (χ3n) is 7.80. The molecule has 6 aromatic rings. The highest BCUT2D eigenvalue weighted by atomic mass is 15.3. The van der Waals surface area contributed by atoms with Crippen molar-refractivity contribution in [2.24, 2.45) is 9.98 Å². The van der Waals surface area contributed by atoms with Crippen LogP contribution in [0.5, 0.6) is 0 Å². The Morgan fingerprint density at radius 3 is 1.95 bits per heavy atom. The van der Waals surface area contributed by atoms with Crippen LogP contribution < -0.4 is 15.5 Å². The summed E-state index contributed by atoms with van der Waals surface area (Å²) in [4.78, 5) is 12.8. The number of benzene rings is 4. The van der Waals surface area contributed by atoms with E-state index in [1.165, 1.54) is 10.8 Å². The van der Waals surface area contributed by atoms with Crippen LogP contribution >= 0.6 is 0 Å². The lowest BCUT2D eigenvalue weighted by atomic mass is 10.2. The predicted molar refractivity (Wildman–Crippen MR) is 181 cm³/mol. The first-order chi connectivity index (χ1) is 20.5. The van der Waals surface area contributed by atoms with E-state index in [1.807, 2.05) is 36.4 Å². The lowest BCUT2D eigenvalue weighted by Crippen LogP contribution is -2.33. The Balaban J connectivity index is 1.59. The molecule has 0 aliphatic heterocycles. The second kappa shape index (κ2) is 11.4. The van der Waals surface area contributed by atoms with E-state index in [1.54, 1.807) is 0 Å². The van der Waals surface area contributed by atoms with Crippen molar-refractivity contribution in [2.75, 3.05) is 11.4 Å². The first-order valence-electron chi connectivity index (χ1n) is 14.4. The van der Waals surface area contributed by atoms with Crippen molar-refractivity contribution in [1.29, 1.82) is 0 Å². The Labute approximate surface area is 246 Å². The minimum atomic E-state index is -0.265. The molecule has 0 saturated heterocycles. The summed E-state index contributed by atoms with van der Waals surface area (Å²) in [5, 5.41) is 5.48. The maximum atomic E-state index is 5.33. The fourth-order valence-corrected chi connectivity index (χ4v) is 5.94. The topological polar surface area (TPSA) is 37.8 Å². The number of para-hydroxylation sites is 4. The van der Waals surface area contributed by atoms with Gasteiger partial charge in [-0.3, -0.25) is 4.57 Å². The quantitative estimate of drug-likeness (QED) is 0.162. The van der Waals surface area contributed by atoms with E-state index in [0.717, 1.165) is 44.0 Å². The standard InChI is InChI=1S/C37H35N5/c1-6-17-33-26(3)30-20-11-14-23-34(30)41(33)27(4)38-37(40(7-2)29-18-9-8-10-19-29)39-28(5)42-35-24-15-12-21-31(35)32-22-13-16-25-36(32)42/h6,8-25,27H,1,3,7H2,2,4-5H3/b33-17+,38-37+,39-28+. The second-order valence-electron chi connectivity index (χ2n) is 10.3. The number of aromatic nitrogens is 2. The number of nitrogens with zero attached hydrogens (tertiary/aromatic N) is 5. The Morgan fingerprint density at radius 2 is 1.36 bits per heavy atom. The molecular weight excluding hydrogens is 514 g/mol.